The number of allylic oxidation sites excluding steroid dienone is 1. The summed E-state index contributed by atoms with van der Waals surface area (Å²) in [5.41, 5.74) is 2.17. The monoisotopic (exact) mass is 361 g/mol. The molecule has 0 fully saturated rings. The van der Waals surface area contributed by atoms with E-state index in [4.69, 9.17) is 5.41 Å². The van der Waals surface area contributed by atoms with Gasteiger partial charge in [-0.3, -0.25) is 10.2 Å². The van der Waals surface area contributed by atoms with Crippen LogP contribution in [0.4, 0.5) is 0 Å². The molecule has 3 rings (SSSR count). The summed E-state index contributed by atoms with van der Waals surface area (Å²) in [4.78, 5) is 12.3. The lowest BCUT2D eigenvalue weighted by atomic mass is 10.0. The standard InChI is InChI=1S/C16H15N3O3S2/c1-3-10-4-6-11(7-5-10)8-12-13(20)9-14-19(15(12)17)18-16(23-14)24(2,21)22/h4-9,17H,3H2,1-2H3. The van der Waals surface area contributed by atoms with E-state index in [9.17, 15) is 13.2 Å². The summed E-state index contributed by atoms with van der Waals surface area (Å²) in [6.45, 7) is 2.06. The van der Waals surface area contributed by atoms with Gasteiger partial charge in [0, 0.05) is 12.3 Å². The zero-order chi connectivity index (χ0) is 17.5. The number of hydrogen-bond donors (Lipinski definition) is 1. The first-order chi connectivity index (χ1) is 11.3. The van der Waals surface area contributed by atoms with Crippen LogP contribution >= 0.6 is 11.8 Å². The molecule has 0 amide bonds. The first-order valence-corrected chi connectivity index (χ1v) is 9.92. The molecule has 124 valence electrons. The maximum atomic E-state index is 12.3. The smallest absolute Gasteiger partial charge is 0.215 e. The van der Waals surface area contributed by atoms with Crippen LogP contribution in [0.2, 0.25) is 0 Å². The molecule has 0 radical (unpaired) electrons. The van der Waals surface area contributed by atoms with Crippen molar-refractivity contribution in [2.75, 3.05) is 6.26 Å². The van der Waals surface area contributed by atoms with Crippen molar-refractivity contribution in [3.8, 4) is 0 Å². The second-order valence-corrected chi connectivity index (χ2v) is 8.60. The van der Waals surface area contributed by atoms with E-state index in [2.05, 4.69) is 12.0 Å². The Balaban J connectivity index is 1.97. The maximum Gasteiger partial charge on any atom is 0.215 e. The van der Waals surface area contributed by atoms with Gasteiger partial charge in [0.15, 0.2) is 11.6 Å². The van der Waals surface area contributed by atoms with Crippen LogP contribution in [0.3, 0.4) is 0 Å². The molecule has 1 aromatic rings. The number of benzene rings is 1. The highest BCUT2D eigenvalue weighted by atomic mass is 32.3. The number of fused-ring (bicyclic) bond motifs is 1. The quantitative estimate of drug-likeness (QED) is 0.817. The minimum Gasteiger partial charge on any atom is -0.289 e. The molecule has 0 bridgehead atoms. The SMILES string of the molecule is CCc1ccc(C=C2C(=N)N3N=C(S(C)(=O)=O)SC3=CC2=O)cc1. The number of hydrazone groups is 1. The molecule has 0 saturated carbocycles. The molecule has 0 saturated heterocycles. The molecule has 8 heteroatoms. The number of nitrogens with one attached hydrogen (secondary N) is 1. The van der Waals surface area contributed by atoms with Gasteiger partial charge in [-0.25, -0.2) is 13.4 Å². The van der Waals surface area contributed by atoms with Crippen molar-refractivity contribution in [2.45, 2.75) is 13.3 Å². The van der Waals surface area contributed by atoms with Crippen molar-refractivity contribution >= 4 is 43.7 Å². The number of carbonyl (C=O) groups is 1. The molecule has 0 spiro atoms. The molecule has 2 aliphatic rings. The second-order valence-electron chi connectivity index (χ2n) is 5.40. The Labute approximate surface area is 144 Å². The Kier molecular flexibility index (Phi) is 4.18. The Morgan fingerprint density at radius 3 is 2.54 bits per heavy atom. The van der Waals surface area contributed by atoms with E-state index >= 15 is 0 Å². The first kappa shape index (κ1) is 16.7. The fourth-order valence-electron chi connectivity index (χ4n) is 2.26. The van der Waals surface area contributed by atoms with Gasteiger partial charge in [-0.05, 0) is 35.4 Å². The summed E-state index contributed by atoms with van der Waals surface area (Å²) in [5.74, 6) is -0.452. The normalized spacial score (nSPS) is 19.4. The number of rotatable bonds is 2. The largest absolute Gasteiger partial charge is 0.289 e. The van der Waals surface area contributed by atoms with E-state index in [1.807, 2.05) is 24.3 Å². The molecule has 0 unspecified atom stereocenters. The topological polar surface area (TPSA) is 90.7 Å². The zero-order valence-electron chi connectivity index (χ0n) is 13.1. The Bertz CT molecular complexity index is 926. The highest BCUT2D eigenvalue weighted by Gasteiger charge is 2.36. The molecule has 2 aliphatic heterocycles. The van der Waals surface area contributed by atoms with Gasteiger partial charge in [-0.1, -0.05) is 31.2 Å². The summed E-state index contributed by atoms with van der Waals surface area (Å²) in [5, 5.41) is 13.7. The van der Waals surface area contributed by atoms with Crippen LogP contribution in [0, 0.1) is 5.41 Å². The molecule has 1 N–H and O–H groups in total. The molecule has 24 heavy (non-hydrogen) atoms. The third kappa shape index (κ3) is 3.07. The van der Waals surface area contributed by atoms with E-state index in [1.54, 1.807) is 6.08 Å². The lowest BCUT2D eigenvalue weighted by Gasteiger charge is -2.21. The minimum atomic E-state index is -3.48. The van der Waals surface area contributed by atoms with Gasteiger partial charge < -0.3 is 0 Å². The van der Waals surface area contributed by atoms with E-state index < -0.39 is 9.84 Å². The van der Waals surface area contributed by atoms with Gasteiger partial charge >= 0.3 is 0 Å². The fraction of sp³-hybridized carbons (Fsp3) is 0.188. The van der Waals surface area contributed by atoms with E-state index in [1.165, 1.54) is 16.6 Å². The number of carbonyl (C=O) groups excluding carboxylic acids is 1. The van der Waals surface area contributed by atoms with Gasteiger partial charge in [-0.15, -0.1) is 5.10 Å². The van der Waals surface area contributed by atoms with E-state index in [-0.39, 0.29) is 21.6 Å². The van der Waals surface area contributed by atoms with Crippen LogP contribution < -0.4 is 0 Å². The highest BCUT2D eigenvalue weighted by Crippen LogP contribution is 2.36. The van der Waals surface area contributed by atoms with Crippen LogP contribution in [-0.2, 0) is 21.1 Å². The number of nitrogens with zero attached hydrogens (tertiary/aromatic N) is 2. The summed E-state index contributed by atoms with van der Waals surface area (Å²) in [7, 11) is -3.48. The molecule has 6 nitrogen and oxygen atoms in total. The third-order valence-electron chi connectivity index (χ3n) is 3.59. The fourth-order valence-corrected chi connectivity index (χ4v) is 4.04. The highest BCUT2D eigenvalue weighted by molar-refractivity contribution is 8.37. The lowest BCUT2D eigenvalue weighted by molar-refractivity contribution is -0.111. The molecule has 2 heterocycles. The minimum absolute atomic E-state index is 0.111. The van der Waals surface area contributed by atoms with Crippen molar-refractivity contribution < 1.29 is 13.2 Å². The molecule has 0 aromatic heterocycles. The van der Waals surface area contributed by atoms with Crippen LogP contribution in [0.1, 0.15) is 18.1 Å². The van der Waals surface area contributed by atoms with Crippen molar-refractivity contribution in [2.24, 2.45) is 5.10 Å². The number of ketones is 1. The summed E-state index contributed by atoms with van der Waals surface area (Å²) < 4.78 is 23.1. The van der Waals surface area contributed by atoms with Crippen LogP contribution in [0.15, 0.2) is 46.0 Å². The third-order valence-corrected chi connectivity index (χ3v) is 6.22. The first-order valence-electron chi connectivity index (χ1n) is 7.22. The Hall–Kier alpha value is -2.19. The van der Waals surface area contributed by atoms with E-state index in [0.29, 0.717) is 5.03 Å². The van der Waals surface area contributed by atoms with Crippen LogP contribution in [0.5, 0.6) is 0 Å². The van der Waals surface area contributed by atoms with Crippen molar-refractivity contribution in [1.82, 2.24) is 5.01 Å². The molecule has 0 atom stereocenters. The lowest BCUT2D eigenvalue weighted by Crippen LogP contribution is -2.30. The maximum absolute atomic E-state index is 12.3. The number of amidine groups is 1. The molecular weight excluding hydrogens is 346 g/mol. The van der Waals surface area contributed by atoms with E-state index in [0.717, 1.165) is 30.0 Å². The summed E-state index contributed by atoms with van der Waals surface area (Å²) in [6, 6.07) is 7.71. The second kappa shape index (κ2) is 6.03. The predicted molar refractivity (Wildman–Crippen MR) is 96.3 cm³/mol. The van der Waals surface area contributed by atoms with Crippen LogP contribution in [-0.4, -0.2) is 35.7 Å². The Morgan fingerprint density at radius 2 is 1.96 bits per heavy atom. The molecular formula is C16H15N3O3S2. The zero-order valence-corrected chi connectivity index (χ0v) is 14.7. The van der Waals surface area contributed by atoms with Gasteiger partial charge in [-0.2, -0.15) is 0 Å². The Morgan fingerprint density at radius 1 is 1.29 bits per heavy atom. The number of sulfone groups is 1. The van der Waals surface area contributed by atoms with Crippen LogP contribution in [0.25, 0.3) is 6.08 Å². The summed E-state index contributed by atoms with van der Waals surface area (Å²) >= 11 is 0.882. The average Bonchev–Trinajstić information content (AvgIpc) is 2.96. The van der Waals surface area contributed by atoms with Gasteiger partial charge in [0.1, 0.15) is 5.03 Å². The number of hydrogen-bond acceptors (Lipinski definition) is 6. The van der Waals surface area contributed by atoms with Crippen molar-refractivity contribution in [3.05, 3.63) is 52.1 Å². The molecule has 1 aromatic carbocycles. The van der Waals surface area contributed by atoms with Crippen molar-refractivity contribution in [3.63, 3.8) is 0 Å². The summed E-state index contributed by atoms with van der Waals surface area (Å²) in [6.07, 6.45) is 4.91. The van der Waals surface area contributed by atoms with Gasteiger partial charge in [0.2, 0.25) is 14.2 Å². The average molecular weight is 361 g/mol. The predicted octanol–water partition coefficient (Wildman–Crippen LogP) is 2.40. The van der Waals surface area contributed by atoms with Gasteiger partial charge in [0.25, 0.3) is 0 Å². The number of aryl methyl sites for hydroxylation is 1. The van der Waals surface area contributed by atoms with Gasteiger partial charge in [0.05, 0.1) is 5.57 Å². The molecule has 0 aliphatic carbocycles. The van der Waals surface area contributed by atoms with Crippen molar-refractivity contribution in [1.29, 1.82) is 5.41 Å². The number of thioether (sulfide) groups is 1.